The van der Waals surface area contributed by atoms with Gasteiger partial charge in [0.15, 0.2) is 0 Å². The Labute approximate surface area is 147 Å². The molecule has 2 N–H and O–H groups in total. The van der Waals surface area contributed by atoms with Gasteiger partial charge in [-0.15, -0.1) is 0 Å². The molecule has 1 atom stereocenters. The fourth-order valence-electron chi connectivity index (χ4n) is 2.29. The van der Waals surface area contributed by atoms with Gasteiger partial charge in [0.2, 0.25) is 0 Å². The highest BCUT2D eigenvalue weighted by molar-refractivity contribution is 6.39. The molecule has 0 aromatic heterocycles. The SMILES string of the molecule is COc1ccc(C(C)NC(=O)C(=O)Nc2cccc(N(C)C)c2)cc1. The lowest BCUT2D eigenvalue weighted by atomic mass is 10.1. The number of carbonyl (C=O) groups is 2. The molecular weight excluding hydrogens is 318 g/mol. The molecule has 0 fully saturated rings. The Morgan fingerprint density at radius 1 is 1.04 bits per heavy atom. The number of ether oxygens (including phenoxy) is 1. The summed E-state index contributed by atoms with van der Waals surface area (Å²) in [6, 6.07) is 14.3. The van der Waals surface area contributed by atoms with Crippen LogP contribution < -0.4 is 20.3 Å². The van der Waals surface area contributed by atoms with Gasteiger partial charge in [-0.1, -0.05) is 18.2 Å². The third-order valence-corrected chi connectivity index (χ3v) is 3.79. The normalized spacial score (nSPS) is 11.4. The van der Waals surface area contributed by atoms with Crippen LogP contribution in [0.25, 0.3) is 0 Å². The Balaban J connectivity index is 1.97. The molecule has 0 radical (unpaired) electrons. The van der Waals surface area contributed by atoms with E-state index in [0.29, 0.717) is 5.69 Å². The summed E-state index contributed by atoms with van der Waals surface area (Å²) in [6.45, 7) is 1.82. The monoisotopic (exact) mass is 341 g/mol. The summed E-state index contributed by atoms with van der Waals surface area (Å²) in [4.78, 5) is 26.1. The molecule has 0 heterocycles. The Kier molecular flexibility index (Phi) is 6.00. The largest absolute Gasteiger partial charge is 0.497 e. The maximum atomic E-state index is 12.1. The van der Waals surface area contributed by atoms with Crippen molar-refractivity contribution in [2.75, 3.05) is 31.4 Å². The maximum Gasteiger partial charge on any atom is 0.313 e. The number of amides is 2. The summed E-state index contributed by atoms with van der Waals surface area (Å²) in [6.07, 6.45) is 0. The summed E-state index contributed by atoms with van der Waals surface area (Å²) in [7, 11) is 5.41. The topological polar surface area (TPSA) is 70.7 Å². The van der Waals surface area contributed by atoms with Crippen LogP contribution in [0, 0.1) is 0 Å². The number of nitrogens with one attached hydrogen (secondary N) is 2. The van der Waals surface area contributed by atoms with Crippen molar-refractivity contribution in [3.05, 3.63) is 54.1 Å². The van der Waals surface area contributed by atoms with Gasteiger partial charge in [-0.2, -0.15) is 0 Å². The van der Waals surface area contributed by atoms with Crippen LogP contribution in [0.5, 0.6) is 5.75 Å². The first-order valence-corrected chi connectivity index (χ1v) is 7.94. The van der Waals surface area contributed by atoms with E-state index in [1.54, 1.807) is 19.2 Å². The molecule has 6 heteroatoms. The van der Waals surface area contributed by atoms with Crippen LogP contribution in [0.4, 0.5) is 11.4 Å². The molecule has 0 saturated heterocycles. The van der Waals surface area contributed by atoms with E-state index in [1.165, 1.54) is 0 Å². The van der Waals surface area contributed by atoms with E-state index in [1.807, 2.05) is 62.3 Å². The number of anilines is 2. The summed E-state index contributed by atoms with van der Waals surface area (Å²) in [5.74, 6) is -0.643. The van der Waals surface area contributed by atoms with Crippen molar-refractivity contribution in [3.63, 3.8) is 0 Å². The minimum Gasteiger partial charge on any atom is -0.497 e. The van der Waals surface area contributed by atoms with Crippen molar-refractivity contribution in [2.45, 2.75) is 13.0 Å². The van der Waals surface area contributed by atoms with Crippen molar-refractivity contribution in [1.82, 2.24) is 5.32 Å². The minimum absolute atomic E-state index is 0.294. The lowest BCUT2D eigenvalue weighted by molar-refractivity contribution is -0.136. The van der Waals surface area contributed by atoms with Crippen LogP contribution in [0.2, 0.25) is 0 Å². The Hall–Kier alpha value is -3.02. The van der Waals surface area contributed by atoms with Crippen LogP contribution in [0.15, 0.2) is 48.5 Å². The lowest BCUT2D eigenvalue weighted by Crippen LogP contribution is -2.36. The van der Waals surface area contributed by atoms with E-state index in [4.69, 9.17) is 4.74 Å². The third-order valence-electron chi connectivity index (χ3n) is 3.79. The molecule has 0 aliphatic carbocycles. The smallest absolute Gasteiger partial charge is 0.313 e. The fourth-order valence-corrected chi connectivity index (χ4v) is 2.29. The first kappa shape index (κ1) is 18.3. The van der Waals surface area contributed by atoms with Crippen molar-refractivity contribution in [2.24, 2.45) is 0 Å². The highest BCUT2D eigenvalue weighted by Crippen LogP contribution is 2.18. The second-order valence-corrected chi connectivity index (χ2v) is 5.87. The number of benzene rings is 2. The van der Waals surface area contributed by atoms with Gasteiger partial charge < -0.3 is 20.3 Å². The average molecular weight is 341 g/mol. The van der Waals surface area contributed by atoms with E-state index in [0.717, 1.165) is 17.0 Å². The van der Waals surface area contributed by atoms with E-state index >= 15 is 0 Å². The highest BCUT2D eigenvalue weighted by atomic mass is 16.5. The Morgan fingerprint density at radius 3 is 2.32 bits per heavy atom. The minimum atomic E-state index is -0.698. The quantitative estimate of drug-likeness (QED) is 0.820. The van der Waals surface area contributed by atoms with Crippen molar-refractivity contribution in [1.29, 1.82) is 0 Å². The molecule has 0 aliphatic heterocycles. The molecule has 0 spiro atoms. The van der Waals surface area contributed by atoms with Crippen molar-refractivity contribution in [3.8, 4) is 5.75 Å². The van der Waals surface area contributed by atoms with Crippen molar-refractivity contribution < 1.29 is 14.3 Å². The number of hydrogen-bond donors (Lipinski definition) is 2. The molecule has 2 amide bonds. The van der Waals surface area contributed by atoms with Gasteiger partial charge >= 0.3 is 11.8 Å². The zero-order chi connectivity index (χ0) is 18.4. The second kappa shape index (κ2) is 8.19. The lowest BCUT2D eigenvalue weighted by Gasteiger charge is -2.16. The van der Waals surface area contributed by atoms with Crippen LogP contribution in [-0.2, 0) is 9.59 Å². The summed E-state index contributed by atoms with van der Waals surface area (Å²) in [5.41, 5.74) is 2.39. The van der Waals surface area contributed by atoms with Gasteiger partial charge in [0.1, 0.15) is 5.75 Å². The predicted octanol–water partition coefficient (Wildman–Crippen LogP) is 2.58. The number of methoxy groups -OCH3 is 1. The molecule has 2 rings (SSSR count). The number of nitrogens with zero attached hydrogens (tertiary/aromatic N) is 1. The zero-order valence-corrected chi connectivity index (χ0v) is 14.9. The first-order chi connectivity index (χ1) is 11.9. The molecular formula is C19H23N3O3. The highest BCUT2D eigenvalue weighted by Gasteiger charge is 2.17. The summed E-state index contributed by atoms with van der Waals surface area (Å²) < 4.78 is 5.11. The molecule has 0 aliphatic rings. The molecule has 1 unspecified atom stereocenters. The summed E-state index contributed by atoms with van der Waals surface area (Å²) >= 11 is 0. The Morgan fingerprint density at radius 2 is 1.72 bits per heavy atom. The maximum absolute atomic E-state index is 12.1. The molecule has 132 valence electrons. The second-order valence-electron chi connectivity index (χ2n) is 5.87. The standard InChI is InChI=1S/C19H23N3O3/c1-13(14-8-10-17(25-4)11-9-14)20-18(23)19(24)21-15-6-5-7-16(12-15)22(2)3/h5-13H,1-4H3,(H,20,23)(H,21,24). The fraction of sp³-hybridized carbons (Fsp3) is 0.263. The van der Waals surface area contributed by atoms with Crippen molar-refractivity contribution >= 4 is 23.2 Å². The van der Waals surface area contributed by atoms with Gasteiger partial charge in [-0.25, -0.2) is 0 Å². The molecule has 0 bridgehead atoms. The van der Waals surface area contributed by atoms with Crippen LogP contribution in [-0.4, -0.2) is 33.0 Å². The van der Waals surface area contributed by atoms with E-state index in [9.17, 15) is 9.59 Å². The summed E-state index contributed by atoms with van der Waals surface area (Å²) in [5, 5.41) is 5.30. The predicted molar refractivity (Wildman–Crippen MR) is 99.0 cm³/mol. The van der Waals surface area contributed by atoms with E-state index < -0.39 is 11.8 Å². The molecule has 25 heavy (non-hydrogen) atoms. The number of hydrogen-bond acceptors (Lipinski definition) is 4. The molecule has 2 aromatic carbocycles. The zero-order valence-electron chi connectivity index (χ0n) is 14.9. The van der Waals surface area contributed by atoms with Gasteiger partial charge in [-0.3, -0.25) is 9.59 Å². The number of rotatable bonds is 5. The molecule has 0 saturated carbocycles. The Bertz CT molecular complexity index is 742. The van der Waals surface area contributed by atoms with E-state index in [-0.39, 0.29) is 6.04 Å². The average Bonchev–Trinajstić information content (AvgIpc) is 2.61. The van der Waals surface area contributed by atoms with Gasteiger partial charge in [-0.05, 0) is 42.8 Å². The van der Waals surface area contributed by atoms with Crippen LogP contribution >= 0.6 is 0 Å². The van der Waals surface area contributed by atoms with Crippen LogP contribution in [0.3, 0.4) is 0 Å². The van der Waals surface area contributed by atoms with Gasteiger partial charge in [0.05, 0.1) is 13.2 Å². The van der Waals surface area contributed by atoms with Gasteiger partial charge in [0, 0.05) is 25.5 Å². The van der Waals surface area contributed by atoms with E-state index in [2.05, 4.69) is 10.6 Å². The number of carbonyl (C=O) groups excluding carboxylic acids is 2. The first-order valence-electron chi connectivity index (χ1n) is 7.94. The molecule has 2 aromatic rings. The van der Waals surface area contributed by atoms with Gasteiger partial charge in [0.25, 0.3) is 0 Å². The van der Waals surface area contributed by atoms with Crippen LogP contribution in [0.1, 0.15) is 18.5 Å². The molecule has 6 nitrogen and oxygen atoms in total. The third kappa shape index (κ3) is 4.97.